The topological polar surface area (TPSA) is 92.6 Å². The molecule has 0 heterocycles. The molecule has 0 spiro atoms. The van der Waals surface area contributed by atoms with Gasteiger partial charge < -0.3 is 10.1 Å². The van der Waals surface area contributed by atoms with Gasteiger partial charge in [0.2, 0.25) is 0 Å². The van der Waals surface area contributed by atoms with Crippen molar-refractivity contribution < 1.29 is 9.13 Å². The molecule has 0 radical (unpaired) electrons. The Morgan fingerprint density at radius 3 is 2.38 bits per heavy atom. The summed E-state index contributed by atoms with van der Waals surface area (Å²) in [6, 6.07) is 15.8. The van der Waals surface area contributed by atoms with Gasteiger partial charge in [0.25, 0.3) is 0 Å². The molecule has 24 heavy (non-hydrogen) atoms. The summed E-state index contributed by atoms with van der Waals surface area (Å²) in [4.78, 5) is 0. The van der Waals surface area contributed by atoms with Crippen LogP contribution in [0.3, 0.4) is 0 Å². The Morgan fingerprint density at radius 2 is 1.79 bits per heavy atom. The number of halogens is 2. The minimum Gasteiger partial charge on any atom is -0.454 e. The van der Waals surface area contributed by atoms with Crippen LogP contribution in [0.25, 0.3) is 0 Å². The maximum Gasteiger partial charge on any atom is 0.167 e. The number of allylic oxidation sites excluding steroid dienone is 2. The maximum atomic E-state index is 14.1. The molecule has 2 aromatic rings. The Hall–Kier alpha value is -3.34. The first-order valence-corrected chi connectivity index (χ1v) is 7.31. The zero-order valence-corrected chi connectivity index (χ0v) is 13.6. The molecule has 0 aromatic heterocycles. The second kappa shape index (κ2) is 7.78. The van der Waals surface area contributed by atoms with Crippen molar-refractivity contribution in [1.82, 2.24) is 0 Å². The van der Waals surface area contributed by atoms with Crippen molar-refractivity contribution >= 4 is 21.6 Å². The lowest BCUT2D eigenvalue weighted by atomic mass is 10.2. The van der Waals surface area contributed by atoms with Crippen molar-refractivity contribution in [3.63, 3.8) is 0 Å². The third kappa shape index (κ3) is 4.10. The van der Waals surface area contributed by atoms with Crippen LogP contribution >= 0.6 is 15.9 Å². The molecule has 0 atom stereocenters. The van der Waals surface area contributed by atoms with E-state index in [2.05, 4.69) is 21.2 Å². The van der Waals surface area contributed by atoms with Gasteiger partial charge in [0.1, 0.15) is 29.7 Å². The van der Waals surface area contributed by atoms with Crippen LogP contribution in [0.1, 0.15) is 0 Å². The first-order valence-electron chi connectivity index (χ1n) is 6.52. The number of hydrogen-bond acceptors (Lipinski definition) is 5. The number of benzene rings is 2. The van der Waals surface area contributed by atoms with Gasteiger partial charge in [0.15, 0.2) is 17.1 Å². The zero-order chi connectivity index (χ0) is 17.5. The van der Waals surface area contributed by atoms with E-state index in [1.54, 1.807) is 36.4 Å². The van der Waals surface area contributed by atoms with Crippen LogP contribution in [-0.4, -0.2) is 0 Å². The molecule has 1 N–H and O–H groups in total. The molecule has 2 aromatic carbocycles. The van der Waals surface area contributed by atoms with E-state index in [4.69, 9.17) is 20.5 Å². The van der Waals surface area contributed by atoms with Gasteiger partial charge in [-0.1, -0.05) is 22.0 Å². The van der Waals surface area contributed by atoms with Gasteiger partial charge in [-0.2, -0.15) is 15.8 Å². The lowest BCUT2D eigenvalue weighted by Gasteiger charge is -2.09. The Balaban J connectivity index is 2.25. The first kappa shape index (κ1) is 17.0. The third-order valence-electron chi connectivity index (χ3n) is 2.81. The fourth-order valence-corrected chi connectivity index (χ4v) is 2.12. The molecule has 0 saturated carbocycles. The molecule has 0 aliphatic heterocycles. The number of anilines is 1. The highest BCUT2D eigenvalue weighted by Crippen LogP contribution is 2.28. The number of nitrogens with zero attached hydrogens (tertiary/aromatic N) is 3. The zero-order valence-electron chi connectivity index (χ0n) is 12.0. The largest absolute Gasteiger partial charge is 0.454 e. The molecule has 0 fully saturated rings. The average Bonchev–Trinajstić information content (AvgIpc) is 2.57. The van der Waals surface area contributed by atoms with Crippen LogP contribution < -0.4 is 10.1 Å². The highest BCUT2D eigenvalue weighted by Gasteiger charge is 2.10. The monoisotopic (exact) mass is 382 g/mol. The summed E-state index contributed by atoms with van der Waals surface area (Å²) in [7, 11) is 0. The lowest BCUT2D eigenvalue weighted by molar-refractivity contribution is 0.442. The highest BCUT2D eigenvalue weighted by molar-refractivity contribution is 9.10. The first-order chi connectivity index (χ1) is 11.6. The number of rotatable bonds is 4. The minimum atomic E-state index is -0.660. The van der Waals surface area contributed by atoms with Crippen LogP contribution in [0.4, 0.5) is 10.1 Å². The number of nitriles is 3. The van der Waals surface area contributed by atoms with Crippen molar-refractivity contribution in [3.05, 3.63) is 64.0 Å². The highest BCUT2D eigenvalue weighted by atomic mass is 79.9. The molecule has 7 heteroatoms. The molecule has 0 aliphatic carbocycles. The minimum absolute atomic E-state index is 0.00178. The lowest BCUT2D eigenvalue weighted by Crippen LogP contribution is -2.01. The van der Waals surface area contributed by atoms with E-state index in [0.717, 1.165) is 10.5 Å². The summed E-state index contributed by atoms with van der Waals surface area (Å²) < 4.78 is 20.4. The molecular formula is C17H8BrFN4O. The van der Waals surface area contributed by atoms with Crippen molar-refractivity contribution in [2.75, 3.05) is 5.32 Å². The van der Waals surface area contributed by atoms with Gasteiger partial charge in [0, 0.05) is 16.2 Å². The molecule has 0 bridgehead atoms. The molecule has 2 rings (SSSR count). The quantitative estimate of drug-likeness (QED) is 0.778. The standard InChI is InChI=1S/C17H8BrFN4O/c18-12-2-1-3-14(6-12)24-17-5-4-13(7-15(17)19)23-16(10-22)11(8-20)9-21/h1-7,23H. The van der Waals surface area contributed by atoms with E-state index >= 15 is 0 Å². The van der Waals surface area contributed by atoms with E-state index in [1.165, 1.54) is 12.1 Å². The number of ether oxygens (including phenoxy) is 1. The van der Waals surface area contributed by atoms with Crippen LogP contribution in [0.15, 0.2) is 58.2 Å². The Bertz CT molecular complexity index is 919. The fraction of sp³-hybridized carbons (Fsp3) is 0. The van der Waals surface area contributed by atoms with E-state index in [9.17, 15) is 4.39 Å². The van der Waals surface area contributed by atoms with Crippen molar-refractivity contribution in [3.8, 4) is 29.7 Å². The second-order valence-corrected chi connectivity index (χ2v) is 5.33. The van der Waals surface area contributed by atoms with Crippen LogP contribution in [0, 0.1) is 39.8 Å². The molecule has 116 valence electrons. The van der Waals surface area contributed by atoms with Crippen molar-refractivity contribution in [2.24, 2.45) is 0 Å². The summed E-state index contributed by atoms with van der Waals surface area (Å²) in [6.45, 7) is 0. The summed E-state index contributed by atoms with van der Waals surface area (Å²) in [5.74, 6) is -0.201. The van der Waals surface area contributed by atoms with E-state index in [0.29, 0.717) is 5.75 Å². The van der Waals surface area contributed by atoms with Crippen molar-refractivity contribution in [2.45, 2.75) is 0 Å². The van der Waals surface area contributed by atoms with Gasteiger partial charge in [-0.15, -0.1) is 0 Å². The number of hydrogen-bond donors (Lipinski definition) is 1. The summed E-state index contributed by atoms with van der Waals surface area (Å²) in [6.07, 6.45) is 0. The van der Waals surface area contributed by atoms with Gasteiger partial charge in [-0.25, -0.2) is 4.39 Å². The predicted octanol–water partition coefficient (Wildman–Crippen LogP) is 4.62. The van der Waals surface area contributed by atoms with Crippen LogP contribution in [0.2, 0.25) is 0 Å². The SMILES string of the molecule is N#CC(C#N)=C(C#N)Nc1ccc(Oc2cccc(Br)c2)c(F)c1. The van der Waals surface area contributed by atoms with Gasteiger partial charge in [-0.3, -0.25) is 0 Å². The Kier molecular flexibility index (Phi) is 5.52. The summed E-state index contributed by atoms with van der Waals surface area (Å²) in [5, 5.41) is 29.1. The molecule has 0 unspecified atom stereocenters. The van der Waals surface area contributed by atoms with Crippen LogP contribution in [-0.2, 0) is 0 Å². The Labute approximate surface area is 145 Å². The molecule has 0 aliphatic rings. The molecular weight excluding hydrogens is 375 g/mol. The third-order valence-corrected chi connectivity index (χ3v) is 3.30. The summed E-state index contributed by atoms with van der Waals surface area (Å²) in [5.41, 5.74) is -0.416. The second-order valence-electron chi connectivity index (χ2n) is 4.42. The molecule has 0 amide bonds. The molecule has 0 saturated heterocycles. The Morgan fingerprint density at radius 1 is 1.04 bits per heavy atom. The van der Waals surface area contributed by atoms with E-state index < -0.39 is 5.82 Å². The smallest absolute Gasteiger partial charge is 0.167 e. The van der Waals surface area contributed by atoms with Gasteiger partial charge >= 0.3 is 0 Å². The summed E-state index contributed by atoms with van der Waals surface area (Å²) >= 11 is 3.30. The average molecular weight is 383 g/mol. The fourth-order valence-electron chi connectivity index (χ4n) is 1.75. The van der Waals surface area contributed by atoms with Gasteiger partial charge in [0.05, 0.1) is 0 Å². The maximum absolute atomic E-state index is 14.1. The van der Waals surface area contributed by atoms with E-state index in [1.807, 2.05) is 6.07 Å². The van der Waals surface area contributed by atoms with E-state index in [-0.39, 0.29) is 22.7 Å². The molecule has 5 nitrogen and oxygen atoms in total. The van der Waals surface area contributed by atoms with Crippen LogP contribution in [0.5, 0.6) is 11.5 Å². The number of nitrogens with one attached hydrogen (secondary N) is 1. The van der Waals surface area contributed by atoms with Crippen molar-refractivity contribution in [1.29, 1.82) is 15.8 Å². The normalized spacial score (nSPS) is 9.12. The predicted molar refractivity (Wildman–Crippen MR) is 88.1 cm³/mol. The van der Waals surface area contributed by atoms with Gasteiger partial charge in [-0.05, 0) is 30.3 Å².